The average Bonchev–Trinajstić information content (AvgIpc) is 2.30. The third kappa shape index (κ3) is 14.1. The van der Waals surface area contributed by atoms with Crippen molar-refractivity contribution in [1.29, 1.82) is 0 Å². The third-order valence-corrected chi connectivity index (χ3v) is 3.37. The summed E-state index contributed by atoms with van der Waals surface area (Å²) in [5, 5.41) is 18.9. The van der Waals surface area contributed by atoms with Gasteiger partial charge in [-0.25, -0.2) is 0 Å². The van der Waals surface area contributed by atoms with Crippen molar-refractivity contribution in [3.63, 3.8) is 0 Å². The predicted molar refractivity (Wildman–Crippen MR) is 82.4 cm³/mol. The summed E-state index contributed by atoms with van der Waals surface area (Å²) in [6, 6.07) is 0. The molecule has 3 nitrogen and oxygen atoms in total. The van der Waals surface area contributed by atoms with Crippen LogP contribution in [0.5, 0.6) is 0 Å². The summed E-state index contributed by atoms with van der Waals surface area (Å²) in [6.45, 7) is 8.19. The zero-order valence-corrected chi connectivity index (χ0v) is 13.3. The van der Waals surface area contributed by atoms with Crippen LogP contribution >= 0.6 is 0 Å². The van der Waals surface area contributed by atoms with Crippen molar-refractivity contribution >= 4 is 0 Å². The Hall–Kier alpha value is -0.120. The van der Waals surface area contributed by atoms with Crippen LogP contribution in [-0.4, -0.2) is 47.0 Å². The minimum absolute atomic E-state index is 0.312. The highest BCUT2D eigenvalue weighted by Gasteiger charge is 2.10. The monoisotopic (exact) mass is 273 g/mol. The van der Waals surface area contributed by atoms with Gasteiger partial charge in [0, 0.05) is 13.1 Å². The van der Waals surface area contributed by atoms with E-state index in [0.717, 1.165) is 6.54 Å². The van der Waals surface area contributed by atoms with E-state index in [-0.39, 0.29) is 12.2 Å². The van der Waals surface area contributed by atoms with E-state index in [0.29, 0.717) is 13.1 Å². The average molecular weight is 273 g/mol. The molecule has 0 aromatic carbocycles. The molecule has 0 aliphatic carbocycles. The second-order valence-corrected chi connectivity index (χ2v) is 5.93. The molecule has 0 saturated heterocycles. The minimum Gasteiger partial charge on any atom is -0.392 e. The Bertz CT molecular complexity index is 174. The Morgan fingerprint density at radius 2 is 1.16 bits per heavy atom. The molecule has 0 aliphatic heterocycles. The van der Waals surface area contributed by atoms with Crippen molar-refractivity contribution in [3.8, 4) is 0 Å². The molecule has 2 unspecified atom stereocenters. The van der Waals surface area contributed by atoms with E-state index < -0.39 is 0 Å². The van der Waals surface area contributed by atoms with E-state index in [1.807, 2.05) is 13.8 Å². The number of rotatable bonds is 13. The van der Waals surface area contributed by atoms with Crippen LogP contribution in [0.4, 0.5) is 0 Å². The van der Waals surface area contributed by atoms with E-state index in [2.05, 4.69) is 11.8 Å². The van der Waals surface area contributed by atoms with Crippen molar-refractivity contribution < 1.29 is 10.2 Å². The Kier molecular flexibility index (Phi) is 12.8. The van der Waals surface area contributed by atoms with Gasteiger partial charge in [0.15, 0.2) is 0 Å². The summed E-state index contributed by atoms with van der Waals surface area (Å²) in [4.78, 5) is 2.17. The molecule has 2 N–H and O–H groups in total. The lowest BCUT2D eigenvalue weighted by Crippen LogP contribution is -2.36. The highest BCUT2D eigenvalue weighted by molar-refractivity contribution is 4.64. The second kappa shape index (κ2) is 12.9. The first-order valence-electron chi connectivity index (χ1n) is 8.14. The Morgan fingerprint density at radius 3 is 1.58 bits per heavy atom. The lowest BCUT2D eigenvalue weighted by atomic mass is 10.1. The quantitative estimate of drug-likeness (QED) is 0.507. The van der Waals surface area contributed by atoms with Crippen LogP contribution in [0.25, 0.3) is 0 Å². The number of hydrogen-bond acceptors (Lipinski definition) is 3. The molecule has 0 aromatic heterocycles. The zero-order valence-electron chi connectivity index (χ0n) is 13.3. The first kappa shape index (κ1) is 18.9. The summed E-state index contributed by atoms with van der Waals surface area (Å²) >= 11 is 0. The van der Waals surface area contributed by atoms with Gasteiger partial charge in [-0.1, -0.05) is 51.9 Å². The van der Waals surface area contributed by atoms with Gasteiger partial charge in [-0.05, 0) is 26.8 Å². The van der Waals surface area contributed by atoms with Gasteiger partial charge >= 0.3 is 0 Å². The SMILES string of the molecule is CCCCCCCCCCN(CC(C)O)CC(C)O. The zero-order chi connectivity index (χ0) is 14.5. The predicted octanol–water partition coefficient (Wildman–Crippen LogP) is 3.19. The molecule has 0 fully saturated rings. The van der Waals surface area contributed by atoms with E-state index in [1.54, 1.807) is 0 Å². The van der Waals surface area contributed by atoms with Crippen LogP contribution in [0.3, 0.4) is 0 Å². The van der Waals surface area contributed by atoms with Gasteiger partial charge in [0.05, 0.1) is 12.2 Å². The van der Waals surface area contributed by atoms with Gasteiger partial charge in [-0.2, -0.15) is 0 Å². The fourth-order valence-corrected chi connectivity index (χ4v) is 2.47. The minimum atomic E-state index is -0.312. The van der Waals surface area contributed by atoms with Crippen molar-refractivity contribution in [2.45, 2.75) is 84.3 Å². The summed E-state index contributed by atoms with van der Waals surface area (Å²) in [5.41, 5.74) is 0. The van der Waals surface area contributed by atoms with Gasteiger partial charge in [0.2, 0.25) is 0 Å². The summed E-state index contributed by atoms with van der Waals surface area (Å²) < 4.78 is 0. The molecule has 0 radical (unpaired) electrons. The molecule has 116 valence electrons. The number of hydrogen-bond donors (Lipinski definition) is 2. The standard InChI is InChI=1S/C16H35NO2/c1-4-5-6-7-8-9-10-11-12-17(13-15(2)18)14-16(3)19/h15-16,18-19H,4-14H2,1-3H3. The Labute approximate surface area is 120 Å². The maximum absolute atomic E-state index is 9.44. The van der Waals surface area contributed by atoms with Gasteiger partial charge in [0.1, 0.15) is 0 Å². The van der Waals surface area contributed by atoms with Crippen molar-refractivity contribution in [3.05, 3.63) is 0 Å². The molecule has 2 atom stereocenters. The van der Waals surface area contributed by atoms with Gasteiger partial charge < -0.3 is 10.2 Å². The summed E-state index contributed by atoms with van der Waals surface area (Å²) in [7, 11) is 0. The van der Waals surface area contributed by atoms with Gasteiger partial charge in [-0.3, -0.25) is 4.90 Å². The second-order valence-electron chi connectivity index (χ2n) is 5.93. The number of aliphatic hydroxyl groups excluding tert-OH is 2. The maximum Gasteiger partial charge on any atom is 0.0639 e. The van der Waals surface area contributed by atoms with Crippen LogP contribution < -0.4 is 0 Å². The van der Waals surface area contributed by atoms with Crippen LogP contribution in [0.15, 0.2) is 0 Å². The van der Waals surface area contributed by atoms with Crippen LogP contribution in [-0.2, 0) is 0 Å². The Balaban J connectivity index is 3.52. The Morgan fingerprint density at radius 1 is 0.737 bits per heavy atom. The van der Waals surface area contributed by atoms with E-state index >= 15 is 0 Å². The molecule has 0 amide bonds. The topological polar surface area (TPSA) is 43.7 Å². The summed E-state index contributed by atoms with van der Waals surface area (Å²) in [5.74, 6) is 0. The molecular weight excluding hydrogens is 238 g/mol. The first-order valence-corrected chi connectivity index (χ1v) is 8.14. The van der Waals surface area contributed by atoms with Crippen molar-refractivity contribution in [2.75, 3.05) is 19.6 Å². The smallest absolute Gasteiger partial charge is 0.0639 e. The summed E-state index contributed by atoms with van der Waals surface area (Å²) in [6.07, 6.45) is 9.93. The highest BCUT2D eigenvalue weighted by Crippen LogP contribution is 2.09. The highest BCUT2D eigenvalue weighted by atomic mass is 16.3. The first-order chi connectivity index (χ1) is 9.06. The van der Waals surface area contributed by atoms with Crippen LogP contribution in [0, 0.1) is 0 Å². The van der Waals surface area contributed by atoms with Gasteiger partial charge in [-0.15, -0.1) is 0 Å². The molecule has 19 heavy (non-hydrogen) atoms. The lowest BCUT2D eigenvalue weighted by Gasteiger charge is -2.24. The number of nitrogens with zero attached hydrogens (tertiary/aromatic N) is 1. The van der Waals surface area contributed by atoms with Crippen LogP contribution in [0.2, 0.25) is 0 Å². The molecule has 0 aromatic rings. The van der Waals surface area contributed by atoms with E-state index in [4.69, 9.17) is 0 Å². The molecule has 0 heterocycles. The lowest BCUT2D eigenvalue weighted by molar-refractivity contribution is 0.0825. The molecule has 0 aliphatic rings. The maximum atomic E-state index is 9.44. The fourth-order valence-electron chi connectivity index (χ4n) is 2.47. The molecule has 0 saturated carbocycles. The van der Waals surface area contributed by atoms with E-state index in [1.165, 1.54) is 51.4 Å². The number of unbranched alkanes of at least 4 members (excludes halogenated alkanes) is 7. The molecular formula is C16H35NO2. The molecule has 0 rings (SSSR count). The van der Waals surface area contributed by atoms with Crippen molar-refractivity contribution in [2.24, 2.45) is 0 Å². The van der Waals surface area contributed by atoms with Crippen LogP contribution in [0.1, 0.15) is 72.1 Å². The molecule has 0 spiro atoms. The van der Waals surface area contributed by atoms with E-state index in [9.17, 15) is 10.2 Å². The largest absolute Gasteiger partial charge is 0.392 e. The molecule has 3 heteroatoms. The molecule has 0 bridgehead atoms. The normalized spacial score (nSPS) is 14.8. The third-order valence-electron chi connectivity index (χ3n) is 3.37. The fraction of sp³-hybridized carbons (Fsp3) is 1.00. The number of aliphatic hydroxyl groups is 2. The van der Waals surface area contributed by atoms with Gasteiger partial charge in [0.25, 0.3) is 0 Å². The van der Waals surface area contributed by atoms with Crippen molar-refractivity contribution in [1.82, 2.24) is 4.90 Å².